The summed E-state index contributed by atoms with van der Waals surface area (Å²) in [6.07, 6.45) is 9.67. The molecule has 0 saturated carbocycles. The number of rotatable bonds is 4. The van der Waals surface area contributed by atoms with Gasteiger partial charge in [0.05, 0.1) is 0 Å². The van der Waals surface area contributed by atoms with Crippen LogP contribution in [-0.4, -0.2) is 3.21 Å². The van der Waals surface area contributed by atoms with Crippen molar-refractivity contribution < 1.29 is 21.3 Å². The Morgan fingerprint density at radius 1 is 0.500 bits per heavy atom. The monoisotopic (exact) mass is 726 g/mol. The molecule has 0 spiro atoms. The Morgan fingerprint density at radius 2 is 0.920 bits per heavy atom. The Hall–Kier alpha value is -3.93. The molecule has 8 rings (SSSR count). The molecule has 0 nitrogen and oxygen atoms in total. The zero-order valence-electron chi connectivity index (χ0n) is 30.9. The Bertz CT molecular complexity index is 2250. The summed E-state index contributed by atoms with van der Waals surface area (Å²) in [6.45, 7) is 18.9. The Morgan fingerprint density at radius 3 is 1.34 bits per heavy atom. The van der Waals surface area contributed by atoms with Gasteiger partial charge in [-0.3, -0.25) is 0 Å². The third-order valence-corrected chi connectivity index (χ3v) is 19.7. The van der Waals surface area contributed by atoms with Gasteiger partial charge in [-0.25, -0.2) is 0 Å². The van der Waals surface area contributed by atoms with E-state index in [-0.39, 0.29) is 10.8 Å². The van der Waals surface area contributed by atoms with Gasteiger partial charge in [0.2, 0.25) is 0 Å². The van der Waals surface area contributed by atoms with Crippen LogP contribution < -0.4 is 0 Å². The van der Waals surface area contributed by atoms with Gasteiger partial charge in [0.15, 0.2) is 0 Å². The van der Waals surface area contributed by atoms with Gasteiger partial charge in [-0.2, -0.15) is 0 Å². The summed E-state index contributed by atoms with van der Waals surface area (Å²) in [6, 6.07) is 42.6. The first-order valence-electron chi connectivity index (χ1n) is 18.3. The quantitative estimate of drug-likeness (QED) is 0.170. The maximum absolute atomic E-state index is 2.84. The Balaban J connectivity index is 1.52. The number of fused-ring (bicyclic) bond motifs is 5. The van der Waals surface area contributed by atoms with E-state index in [0.29, 0.717) is 7.25 Å². The molecule has 50 heavy (non-hydrogen) atoms. The van der Waals surface area contributed by atoms with Crippen LogP contribution in [0.3, 0.4) is 0 Å². The number of hydrogen-bond donors (Lipinski definition) is 0. The molecule has 0 amide bonds. The van der Waals surface area contributed by atoms with Crippen LogP contribution in [0, 0.1) is 13.8 Å². The van der Waals surface area contributed by atoms with Crippen LogP contribution in [0.4, 0.5) is 0 Å². The second-order valence-electron chi connectivity index (χ2n) is 16.7. The summed E-state index contributed by atoms with van der Waals surface area (Å²) >= 11 is -2.84. The second kappa shape index (κ2) is 12.4. The van der Waals surface area contributed by atoms with Gasteiger partial charge in [-0.05, 0) is 0 Å². The van der Waals surface area contributed by atoms with Gasteiger partial charge in [0.1, 0.15) is 0 Å². The van der Waals surface area contributed by atoms with E-state index in [0.717, 1.165) is 0 Å². The summed E-state index contributed by atoms with van der Waals surface area (Å²) in [4.78, 5) is 0. The van der Waals surface area contributed by atoms with Crippen molar-refractivity contribution in [1.82, 2.24) is 0 Å². The van der Waals surface area contributed by atoms with E-state index in [1.165, 1.54) is 66.1 Å². The fourth-order valence-corrected chi connectivity index (χ4v) is 18.1. The predicted molar refractivity (Wildman–Crippen MR) is 214 cm³/mol. The van der Waals surface area contributed by atoms with E-state index >= 15 is 0 Å². The number of allylic oxidation sites excluding steroid dienone is 4. The van der Waals surface area contributed by atoms with Crippen molar-refractivity contribution in [1.29, 1.82) is 0 Å². The van der Waals surface area contributed by atoms with E-state index in [4.69, 9.17) is 0 Å². The van der Waals surface area contributed by atoms with E-state index in [2.05, 4.69) is 189 Å². The van der Waals surface area contributed by atoms with Crippen LogP contribution in [0.15, 0.2) is 133 Å². The first-order valence-corrected chi connectivity index (χ1v) is 22.3. The van der Waals surface area contributed by atoms with Gasteiger partial charge < -0.3 is 0 Å². The average molecular weight is 728 g/mol. The van der Waals surface area contributed by atoms with Crippen molar-refractivity contribution in [3.8, 4) is 11.1 Å². The molecule has 248 valence electrons. The molecule has 0 unspecified atom stereocenters. The first kappa shape index (κ1) is 33.2. The molecule has 0 radical (unpaired) electrons. The van der Waals surface area contributed by atoms with Crippen LogP contribution in [0.1, 0.15) is 89.7 Å². The molecular formula is C49H48Zr. The molecule has 0 aliphatic heterocycles. The van der Waals surface area contributed by atoms with E-state index in [1.54, 1.807) is 14.3 Å². The molecule has 1 heteroatoms. The maximum atomic E-state index is 2.61. The molecule has 6 aromatic rings. The standard InChI is InChI=1S/C23H29.C21H14.C5H5.Zr/c1-14-9-16-11-17-10-15(2)21(23(6,7)8)13-19(17)18(16)12-20(14)22(3,4)5;1-3-7-20-14-16(9-11-18(20)5-1)13-17-10-12-19-6-2-4-8-21(19)15-17;1-2-4-5-3-1;/h9-13H,1-8H3;1-12,14-15H;1-5H;. The normalized spacial score (nSPS) is 14.5. The Labute approximate surface area is 306 Å². The van der Waals surface area contributed by atoms with Gasteiger partial charge in [-0.1, -0.05) is 0 Å². The summed E-state index contributed by atoms with van der Waals surface area (Å²) in [5.74, 6) is 0. The minimum atomic E-state index is -2.84. The predicted octanol–water partition coefficient (Wildman–Crippen LogP) is 13.1. The molecule has 6 aromatic carbocycles. The average Bonchev–Trinajstić information content (AvgIpc) is 3.71. The molecule has 0 bridgehead atoms. The van der Waals surface area contributed by atoms with Crippen molar-refractivity contribution in [2.75, 3.05) is 0 Å². The molecule has 0 atom stereocenters. The SMILES string of the molecule is Cc1cc2c(cc1C(C)(C)C)-c1cc(C(C)(C)C)c(C)cc1[CH]2[Zr](=[C](c1ccc2ccccc2c1)c1ccc2ccccc2c1)[CH]1C=CC=C1. The molecule has 0 saturated heterocycles. The molecular weight excluding hydrogens is 680 g/mol. The van der Waals surface area contributed by atoms with Crippen molar-refractivity contribution in [3.05, 3.63) is 178 Å². The van der Waals surface area contributed by atoms with Crippen molar-refractivity contribution >= 4 is 24.8 Å². The van der Waals surface area contributed by atoms with Crippen LogP contribution >= 0.6 is 0 Å². The van der Waals surface area contributed by atoms with Crippen LogP contribution in [0.5, 0.6) is 0 Å². The third-order valence-electron chi connectivity index (χ3n) is 11.1. The minimum absolute atomic E-state index is 0.0703. The molecule has 2 aliphatic rings. The molecule has 2 aliphatic carbocycles. The van der Waals surface area contributed by atoms with E-state index in [1.807, 2.05) is 0 Å². The third kappa shape index (κ3) is 5.77. The van der Waals surface area contributed by atoms with Crippen LogP contribution in [-0.2, 0) is 32.1 Å². The van der Waals surface area contributed by atoms with Crippen molar-refractivity contribution in [2.45, 2.75) is 73.5 Å². The molecule has 0 N–H and O–H groups in total. The summed E-state index contributed by atoms with van der Waals surface area (Å²) in [5.41, 5.74) is 14.7. The Kier molecular flexibility index (Phi) is 8.23. The second-order valence-corrected chi connectivity index (χ2v) is 23.2. The number of benzene rings is 6. The van der Waals surface area contributed by atoms with Gasteiger partial charge >= 0.3 is 309 Å². The van der Waals surface area contributed by atoms with Gasteiger partial charge in [0, 0.05) is 0 Å². The van der Waals surface area contributed by atoms with E-state index in [9.17, 15) is 0 Å². The van der Waals surface area contributed by atoms with Crippen molar-refractivity contribution in [3.63, 3.8) is 0 Å². The molecule has 0 heterocycles. The molecule has 0 fully saturated rings. The summed E-state index contributed by atoms with van der Waals surface area (Å²) < 4.78 is 2.44. The van der Waals surface area contributed by atoms with Crippen LogP contribution in [0.25, 0.3) is 32.7 Å². The van der Waals surface area contributed by atoms with Gasteiger partial charge in [-0.15, -0.1) is 0 Å². The zero-order valence-corrected chi connectivity index (χ0v) is 33.3. The first-order chi connectivity index (χ1) is 23.9. The summed E-state index contributed by atoms with van der Waals surface area (Å²) in [5, 5.41) is 5.22. The number of aryl methyl sites for hydroxylation is 2. The van der Waals surface area contributed by atoms with Gasteiger partial charge in [0.25, 0.3) is 0 Å². The van der Waals surface area contributed by atoms with E-state index < -0.39 is 21.3 Å². The number of hydrogen-bond acceptors (Lipinski definition) is 0. The fourth-order valence-electron chi connectivity index (χ4n) is 8.86. The van der Waals surface area contributed by atoms with Crippen LogP contribution in [0.2, 0.25) is 3.63 Å². The van der Waals surface area contributed by atoms with Crippen molar-refractivity contribution in [2.24, 2.45) is 0 Å². The molecule has 0 aromatic heterocycles. The topological polar surface area (TPSA) is 0 Å². The fraction of sp³-hybridized carbons (Fsp3) is 0.245. The zero-order chi connectivity index (χ0) is 34.9. The summed E-state index contributed by atoms with van der Waals surface area (Å²) in [7, 11) is 0.